The molecule has 23 heavy (non-hydrogen) atoms. The van der Waals surface area contributed by atoms with Gasteiger partial charge in [0.2, 0.25) is 11.8 Å². The van der Waals surface area contributed by atoms with Crippen molar-refractivity contribution in [1.29, 1.82) is 5.26 Å². The van der Waals surface area contributed by atoms with Gasteiger partial charge in [0, 0.05) is 31.9 Å². The largest absolute Gasteiger partial charge is 0.362 e. The fourth-order valence-corrected chi connectivity index (χ4v) is 2.20. The number of carbonyl (C=O) groups is 2. The number of anilines is 1. The molecule has 0 saturated carbocycles. The lowest BCUT2D eigenvalue weighted by molar-refractivity contribution is -0.138. The minimum absolute atomic E-state index is 0.0928. The Bertz CT molecular complexity index is 586. The second-order valence-corrected chi connectivity index (χ2v) is 5.41. The number of amides is 2. The van der Waals surface area contributed by atoms with E-state index in [1.54, 1.807) is 29.2 Å². The Balaban J connectivity index is 1.68. The van der Waals surface area contributed by atoms with Gasteiger partial charge in [-0.25, -0.2) is 0 Å². The molecule has 0 aromatic heterocycles. The van der Waals surface area contributed by atoms with Crippen LogP contribution in [0.4, 0.5) is 5.69 Å². The average Bonchev–Trinajstić information content (AvgIpc) is 2.56. The summed E-state index contributed by atoms with van der Waals surface area (Å²) < 4.78 is 5.19. The van der Waals surface area contributed by atoms with Crippen molar-refractivity contribution in [3.05, 3.63) is 29.8 Å². The van der Waals surface area contributed by atoms with Crippen molar-refractivity contribution >= 4 is 17.5 Å². The summed E-state index contributed by atoms with van der Waals surface area (Å²) in [6.45, 7) is 2.81. The lowest BCUT2D eigenvalue weighted by atomic mass is 10.2. The molecule has 1 fully saturated rings. The second-order valence-electron chi connectivity index (χ2n) is 5.41. The quantitative estimate of drug-likeness (QED) is 0.844. The fourth-order valence-electron chi connectivity index (χ4n) is 2.20. The minimum Gasteiger partial charge on any atom is -0.362 e. The van der Waals surface area contributed by atoms with Crippen LogP contribution in [-0.4, -0.2) is 68.1 Å². The Hall–Kier alpha value is -2.43. The van der Waals surface area contributed by atoms with Crippen molar-refractivity contribution in [3.8, 4) is 6.07 Å². The SMILES string of the molecule is CN1CCN(C(=O)COCC(=O)Nc2ccc(C#N)cc2)CC1. The van der Waals surface area contributed by atoms with Crippen molar-refractivity contribution in [2.75, 3.05) is 51.8 Å². The Morgan fingerprint density at radius 1 is 1.17 bits per heavy atom. The highest BCUT2D eigenvalue weighted by Crippen LogP contribution is 2.08. The second kappa shape index (κ2) is 8.27. The number of nitriles is 1. The number of rotatable bonds is 5. The first kappa shape index (κ1) is 16.9. The number of carbonyl (C=O) groups excluding carboxylic acids is 2. The molecular formula is C16H20N4O3. The summed E-state index contributed by atoms with van der Waals surface area (Å²) >= 11 is 0. The summed E-state index contributed by atoms with van der Waals surface area (Å²) in [7, 11) is 2.02. The van der Waals surface area contributed by atoms with E-state index in [1.807, 2.05) is 13.1 Å². The topological polar surface area (TPSA) is 85.7 Å². The summed E-state index contributed by atoms with van der Waals surface area (Å²) in [6.07, 6.45) is 0. The van der Waals surface area contributed by atoms with E-state index >= 15 is 0 Å². The smallest absolute Gasteiger partial charge is 0.250 e. The molecule has 0 aliphatic carbocycles. The van der Waals surface area contributed by atoms with Crippen molar-refractivity contribution in [1.82, 2.24) is 9.80 Å². The van der Waals surface area contributed by atoms with Crippen LogP contribution in [0.5, 0.6) is 0 Å². The van der Waals surface area contributed by atoms with Crippen LogP contribution in [0.25, 0.3) is 0 Å². The van der Waals surface area contributed by atoms with E-state index in [1.165, 1.54) is 0 Å². The molecule has 1 saturated heterocycles. The Morgan fingerprint density at radius 2 is 1.83 bits per heavy atom. The number of ether oxygens (including phenoxy) is 1. The molecule has 1 aromatic carbocycles. The molecule has 1 heterocycles. The molecule has 122 valence electrons. The molecule has 7 nitrogen and oxygen atoms in total. The lowest BCUT2D eigenvalue weighted by Crippen LogP contribution is -2.48. The number of nitrogens with one attached hydrogen (secondary N) is 1. The molecule has 7 heteroatoms. The van der Waals surface area contributed by atoms with E-state index < -0.39 is 0 Å². The molecule has 0 atom stereocenters. The van der Waals surface area contributed by atoms with Crippen LogP contribution in [0.2, 0.25) is 0 Å². The van der Waals surface area contributed by atoms with Crippen LogP contribution in [0.15, 0.2) is 24.3 Å². The van der Waals surface area contributed by atoms with Gasteiger partial charge in [0.05, 0.1) is 11.6 Å². The van der Waals surface area contributed by atoms with Crippen molar-refractivity contribution in [3.63, 3.8) is 0 Å². The number of hydrogen-bond donors (Lipinski definition) is 1. The minimum atomic E-state index is -0.333. The fraction of sp³-hybridized carbons (Fsp3) is 0.438. The van der Waals surface area contributed by atoms with Crippen LogP contribution in [0, 0.1) is 11.3 Å². The number of piperazine rings is 1. The number of hydrogen-bond acceptors (Lipinski definition) is 5. The first-order chi connectivity index (χ1) is 11.1. The first-order valence-electron chi connectivity index (χ1n) is 7.42. The normalized spacial score (nSPS) is 15.0. The number of benzene rings is 1. The monoisotopic (exact) mass is 316 g/mol. The standard InChI is InChI=1S/C16H20N4O3/c1-19-6-8-20(9-7-19)16(22)12-23-11-15(21)18-14-4-2-13(10-17)3-5-14/h2-5H,6-9,11-12H2,1H3,(H,18,21). The molecule has 1 aromatic rings. The Kier molecular flexibility index (Phi) is 6.09. The third-order valence-electron chi connectivity index (χ3n) is 3.61. The molecule has 1 N–H and O–H groups in total. The van der Waals surface area contributed by atoms with Gasteiger partial charge in [0.25, 0.3) is 0 Å². The van der Waals surface area contributed by atoms with Crippen molar-refractivity contribution < 1.29 is 14.3 Å². The maximum Gasteiger partial charge on any atom is 0.250 e. The molecule has 2 amide bonds. The predicted molar refractivity (Wildman–Crippen MR) is 84.7 cm³/mol. The number of nitrogens with zero attached hydrogens (tertiary/aromatic N) is 3. The van der Waals surface area contributed by atoms with E-state index in [-0.39, 0.29) is 25.0 Å². The average molecular weight is 316 g/mol. The molecular weight excluding hydrogens is 296 g/mol. The first-order valence-corrected chi connectivity index (χ1v) is 7.42. The zero-order valence-electron chi connectivity index (χ0n) is 13.1. The third kappa shape index (κ3) is 5.36. The van der Waals surface area contributed by atoms with E-state index in [0.29, 0.717) is 24.3 Å². The van der Waals surface area contributed by atoms with E-state index in [9.17, 15) is 9.59 Å². The maximum absolute atomic E-state index is 11.9. The Labute approximate surface area is 135 Å². The zero-order valence-corrected chi connectivity index (χ0v) is 13.1. The van der Waals surface area contributed by atoms with Gasteiger partial charge in [0.1, 0.15) is 13.2 Å². The van der Waals surface area contributed by atoms with Gasteiger partial charge in [-0.1, -0.05) is 0 Å². The molecule has 0 bridgehead atoms. The van der Waals surface area contributed by atoms with E-state index in [4.69, 9.17) is 10.00 Å². The molecule has 0 unspecified atom stereocenters. The maximum atomic E-state index is 11.9. The molecule has 1 aliphatic rings. The zero-order chi connectivity index (χ0) is 16.7. The van der Waals surface area contributed by atoms with Gasteiger partial charge in [-0.05, 0) is 31.3 Å². The van der Waals surface area contributed by atoms with Crippen LogP contribution in [-0.2, 0) is 14.3 Å². The number of likely N-dealkylation sites (N-methyl/N-ethyl adjacent to an activating group) is 1. The lowest BCUT2D eigenvalue weighted by Gasteiger charge is -2.32. The van der Waals surface area contributed by atoms with Crippen LogP contribution < -0.4 is 5.32 Å². The van der Waals surface area contributed by atoms with E-state index in [2.05, 4.69) is 10.2 Å². The molecule has 1 aliphatic heterocycles. The highest BCUT2D eigenvalue weighted by atomic mass is 16.5. The van der Waals surface area contributed by atoms with Crippen LogP contribution in [0.3, 0.4) is 0 Å². The predicted octanol–water partition coefficient (Wildman–Crippen LogP) is 0.287. The summed E-state index contributed by atoms with van der Waals surface area (Å²) in [5, 5.41) is 11.4. The van der Waals surface area contributed by atoms with Crippen LogP contribution >= 0.6 is 0 Å². The van der Waals surface area contributed by atoms with E-state index in [0.717, 1.165) is 13.1 Å². The van der Waals surface area contributed by atoms with Gasteiger partial charge < -0.3 is 19.9 Å². The third-order valence-corrected chi connectivity index (χ3v) is 3.61. The van der Waals surface area contributed by atoms with Gasteiger partial charge >= 0.3 is 0 Å². The summed E-state index contributed by atoms with van der Waals surface area (Å²) in [5.41, 5.74) is 1.11. The summed E-state index contributed by atoms with van der Waals surface area (Å²) in [5.74, 6) is -0.426. The summed E-state index contributed by atoms with van der Waals surface area (Å²) in [6, 6.07) is 8.53. The van der Waals surface area contributed by atoms with Gasteiger partial charge in [-0.3, -0.25) is 9.59 Å². The van der Waals surface area contributed by atoms with Crippen molar-refractivity contribution in [2.24, 2.45) is 0 Å². The summed E-state index contributed by atoms with van der Waals surface area (Å²) in [4.78, 5) is 27.6. The van der Waals surface area contributed by atoms with Gasteiger partial charge in [0.15, 0.2) is 0 Å². The van der Waals surface area contributed by atoms with Crippen LogP contribution in [0.1, 0.15) is 5.56 Å². The molecule has 0 spiro atoms. The highest BCUT2D eigenvalue weighted by molar-refractivity contribution is 5.91. The Morgan fingerprint density at radius 3 is 2.43 bits per heavy atom. The van der Waals surface area contributed by atoms with Crippen molar-refractivity contribution in [2.45, 2.75) is 0 Å². The molecule has 2 rings (SSSR count). The highest BCUT2D eigenvalue weighted by Gasteiger charge is 2.19. The van der Waals surface area contributed by atoms with Gasteiger partial charge in [-0.15, -0.1) is 0 Å². The molecule has 0 radical (unpaired) electrons. The van der Waals surface area contributed by atoms with Gasteiger partial charge in [-0.2, -0.15) is 5.26 Å².